The monoisotopic (exact) mass is 384 g/mol. The number of carbonyl (C=O) groups excluding carboxylic acids is 1. The van der Waals surface area contributed by atoms with E-state index in [4.69, 9.17) is 9.73 Å². The summed E-state index contributed by atoms with van der Waals surface area (Å²) in [5.74, 6) is 0.425. The molecule has 2 aliphatic rings. The van der Waals surface area contributed by atoms with Crippen molar-refractivity contribution < 1.29 is 9.53 Å². The van der Waals surface area contributed by atoms with Crippen molar-refractivity contribution in [1.82, 2.24) is 5.32 Å². The Labute approximate surface area is 166 Å². The number of hydrogen-bond donors (Lipinski definition) is 1. The molecule has 27 heavy (non-hydrogen) atoms. The average molecular weight is 385 g/mol. The Morgan fingerprint density at radius 1 is 1.26 bits per heavy atom. The van der Waals surface area contributed by atoms with Crippen LogP contribution in [-0.4, -0.2) is 22.1 Å². The molecule has 144 valence electrons. The largest absolute Gasteiger partial charge is 0.444 e. The van der Waals surface area contributed by atoms with E-state index in [1.807, 2.05) is 39.0 Å². The van der Waals surface area contributed by atoms with Gasteiger partial charge in [-0.3, -0.25) is 10.3 Å². The highest BCUT2D eigenvalue weighted by Gasteiger charge is 2.38. The van der Waals surface area contributed by atoms with Crippen LogP contribution in [0.3, 0.4) is 0 Å². The summed E-state index contributed by atoms with van der Waals surface area (Å²) in [6, 6.07) is 10.3. The number of benzene rings is 1. The van der Waals surface area contributed by atoms with Gasteiger partial charge in [-0.2, -0.15) is 0 Å². The van der Waals surface area contributed by atoms with Crippen LogP contribution >= 0.6 is 11.8 Å². The third-order valence-electron chi connectivity index (χ3n) is 4.70. The normalized spacial score (nSPS) is 27.8. The fourth-order valence-electron chi connectivity index (χ4n) is 3.42. The molecule has 1 aliphatic carbocycles. The summed E-state index contributed by atoms with van der Waals surface area (Å²) >= 11 is 1.64. The smallest absolute Gasteiger partial charge is 0.413 e. The van der Waals surface area contributed by atoms with Crippen molar-refractivity contribution in [2.45, 2.75) is 56.9 Å². The highest BCUT2D eigenvalue weighted by atomic mass is 32.2. The van der Waals surface area contributed by atoms with Gasteiger partial charge in [-0.1, -0.05) is 66.4 Å². The summed E-state index contributed by atoms with van der Waals surface area (Å²) < 4.78 is 5.43. The molecule has 0 fully saturated rings. The lowest BCUT2D eigenvalue weighted by Gasteiger charge is -2.38. The van der Waals surface area contributed by atoms with E-state index in [9.17, 15) is 4.79 Å². The molecule has 0 radical (unpaired) electrons. The molecule has 0 aromatic heterocycles. The number of nitrogens with zero attached hydrogens (tertiary/aromatic N) is 1. The summed E-state index contributed by atoms with van der Waals surface area (Å²) in [5, 5.41) is 3.85. The Hall–Kier alpha value is -2.01. The molecule has 1 heterocycles. The third kappa shape index (κ3) is 5.25. The summed E-state index contributed by atoms with van der Waals surface area (Å²) in [6.07, 6.45) is 10.2. The number of ether oxygens (including phenoxy) is 1. The van der Waals surface area contributed by atoms with Gasteiger partial charge in [0.05, 0.1) is 5.54 Å². The van der Waals surface area contributed by atoms with Crippen molar-refractivity contribution in [3.8, 4) is 0 Å². The van der Waals surface area contributed by atoms with Gasteiger partial charge in [0, 0.05) is 5.25 Å². The number of hydrogen-bond acceptors (Lipinski definition) is 4. The van der Waals surface area contributed by atoms with Crippen LogP contribution in [0.1, 0.15) is 46.1 Å². The SMILES string of the molecule is CC(C)(C)OC(=O)NC1=N[C@@](C)(c2ccccc2)C[C@H](C2C=CC=CC2)S1. The van der Waals surface area contributed by atoms with Gasteiger partial charge < -0.3 is 4.74 Å². The van der Waals surface area contributed by atoms with Gasteiger partial charge in [-0.05, 0) is 52.0 Å². The van der Waals surface area contributed by atoms with Gasteiger partial charge in [0.2, 0.25) is 0 Å². The van der Waals surface area contributed by atoms with Crippen molar-refractivity contribution in [2.75, 3.05) is 0 Å². The molecule has 0 bridgehead atoms. The lowest BCUT2D eigenvalue weighted by Crippen LogP contribution is -2.42. The standard InChI is InChI=1S/C22H28N2O2S/c1-21(2,3)26-20(25)23-19-24-22(4,17-13-9-6-10-14-17)15-18(27-19)16-11-7-5-8-12-16/h5-11,13-14,16,18H,12,15H2,1-4H3,(H,23,24,25)/t16?,18-,22-/m1/s1. The Bertz CT molecular complexity index is 764. The molecule has 4 nitrogen and oxygen atoms in total. The summed E-state index contributed by atoms with van der Waals surface area (Å²) in [5.41, 5.74) is 0.244. The Morgan fingerprint density at radius 2 is 2.00 bits per heavy atom. The van der Waals surface area contributed by atoms with E-state index in [2.05, 4.69) is 48.7 Å². The number of rotatable bonds is 2. The molecule has 1 unspecified atom stereocenters. The maximum Gasteiger partial charge on any atom is 0.413 e. The van der Waals surface area contributed by atoms with E-state index >= 15 is 0 Å². The molecular formula is C22H28N2O2S. The van der Waals surface area contributed by atoms with Gasteiger partial charge >= 0.3 is 6.09 Å². The van der Waals surface area contributed by atoms with E-state index in [1.54, 1.807) is 11.8 Å². The summed E-state index contributed by atoms with van der Waals surface area (Å²) in [7, 11) is 0. The lowest BCUT2D eigenvalue weighted by molar-refractivity contribution is 0.0564. The maximum atomic E-state index is 12.3. The number of amidine groups is 1. The molecule has 3 rings (SSSR count). The first kappa shape index (κ1) is 19.7. The Balaban J connectivity index is 1.86. The zero-order valence-corrected chi connectivity index (χ0v) is 17.3. The van der Waals surface area contributed by atoms with E-state index in [1.165, 1.54) is 0 Å². The molecule has 0 saturated heterocycles. The van der Waals surface area contributed by atoms with E-state index < -0.39 is 11.7 Å². The molecule has 1 amide bonds. The minimum atomic E-state index is -0.539. The van der Waals surface area contributed by atoms with Crippen LogP contribution in [0.15, 0.2) is 59.6 Å². The first-order valence-electron chi connectivity index (χ1n) is 9.41. The zero-order valence-electron chi connectivity index (χ0n) is 16.4. The van der Waals surface area contributed by atoms with Crippen LogP contribution in [0, 0.1) is 5.92 Å². The summed E-state index contributed by atoms with van der Waals surface area (Å²) in [4.78, 5) is 17.2. The van der Waals surface area contributed by atoms with Crippen molar-refractivity contribution in [2.24, 2.45) is 10.9 Å². The van der Waals surface area contributed by atoms with Crippen molar-refractivity contribution in [3.05, 3.63) is 60.2 Å². The van der Waals surface area contributed by atoms with Gasteiger partial charge in [-0.15, -0.1) is 0 Å². The Kier molecular flexibility index (Phi) is 5.80. The quantitative estimate of drug-likeness (QED) is 0.741. The predicted octanol–water partition coefficient (Wildman–Crippen LogP) is 5.42. The fraction of sp³-hybridized carbons (Fsp3) is 0.455. The Morgan fingerprint density at radius 3 is 2.63 bits per heavy atom. The zero-order chi connectivity index (χ0) is 19.5. The number of aliphatic imine (C=N–C) groups is 1. The molecule has 1 aliphatic heterocycles. The van der Waals surface area contributed by atoms with E-state index in [-0.39, 0.29) is 5.54 Å². The molecule has 3 atom stereocenters. The maximum absolute atomic E-state index is 12.3. The van der Waals surface area contributed by atoms with Crippen LogP contribution < -0.4 is 5.32 Å². The molecule has 1 N–H and O–H groups in total. The second-order valence-electron chi connectivity index (χ2n) is 8.26. The number of nitrogens with one attached hydrogen (secondary N) is 1. The van der Waals surface area contributed by atoms with Crippen molar-refractivity contribution in [3.63, 3.8) is 0 Å². The highest BCUT2D eigenvalue weighted by Crippen LogP contribution is 2.43. The molecule has 1 aromatic carbocycles. The lowest BCUT2D eigenvalue weighted by atomic mass is 9.83. The van der Waals surface area contributed by atoms with Crippen LogP contribution in [0.25, 0.3) is 0 Å². The van der Waals surface area contributed by atoms with E-state index in [0.29, 0.717) is 16.3 Å². The van der Waals surface area contributed by atoms with Crippen molar-refractivity contribution in [1.29, 1.82) is 0 Å². The van der Waals surface area contributed by atoms with Crippen LogP contribution in [0.4, 0.5) is 4.79 Å². The van der Waals surface area contributed by atoms with Crippen LogP contribution in [0.2, 0.25) is 0 Å². The van der Waals surface area contributed by atoms with E-state index in [0.717, 1.165) is 18.4 Å². The number of carbonyl (C=O) groups is 1. The van der Waals surface area contributed by atoms with Gasteiger partial charge in [0.25, 0.3) is 0 Å². The van der Waals surface area contributed by atoms with Gasteiger partial charge in [-0.25, -0.2) is 4.79 Å². The number of amides is 1. The fourth-order valence-corrected chi connectivity index (χ4v) is 4.88. The number of alkyl carbamates (subject to hydrolysis) is 1. The minimum Gasteiger partial charge on any atom is -0.444 e. The molecular weight excluding hydrogens is 356 g/mol. The van der Waals surface area contributed by atoms with Crippen LogP contribution in [-0.2, 0) is 10.3 Å². The first-order chi connectivity index (χ1) is 12.8. The molecule has 5 heteroatoms. The minimum absolute atomic E-state index is 0.332. The highest BCUT2D eigenvalue weighted by molar-refractivity contribution is 8.14. The molecule has 0 saturated carbocycles. The average Bonchev–Trinajstić information content (AvgIpc) is 2.61. The summed E-state index contributed by atoms with van der Waals surface area (Å²) in [6.45, 7) is 7.73. The van der Waals surface area contributed by atoms with Gasteiger partial charge in [0.1, 0.15) is 5.60 Å². The van der Waals surface area contributed by atoms with Crippen LogP contribution in [0.5, 0.6) is 0 Å². The molecule has 0 spiro atoms. The number of allylic oxidation sites excluding steroid dienone is 4. The second-order valence-corrected chi connectivity index (χ2v) is 9.48. The van der Waals surface area contributed by atoms with Gasteiger partial charge in [0.15, 0.2) is 5.17 Å². The first-order valence-corrected chi connectivity index (χ1v) is 10.3. The van der Waals surface area contributed by atoms with Crippen molar-refractivity contribution >= 4 is 23.0 Å². The second kappa shape index (κ2) is 7.93. The molecule has 1 aromatic rings. The third-order valence-corrected chi connectivity index (χ3v) is 5.94. The topological polar surface area (TPSA) is 50.7 Å². The number of thioether (sulfide) groups is 1. The predicted molar refractivity (Wildman–Crippen MR) is 113 cm³/mol.